The lowest BCUT2D eigenvalue weighted by atomic mass is 9.93. The Morgan fingerprint density at radius 3 is 2.46 bits per heavy atom. The second-order valence-electron chi connectivity index (χ2n) is 6.78. The van der Waals surface area contributed by atoms with E-state index in [1.807, 2.05) is 32.1 Å². The van der Waals surface area contributed by atoms with Crippen LogP contribution < -0.4 is 4.90 Å². The Morgan fingerprint density at radius 2 is 1.92 bits per heavy atom. The van der Waals surface area contributed by atoms with Crippen LogP contribution in [0.4, 0.5) is 5.69 Å². The fourth-order valence-electron chi connectivity index (χ4n) is 3.03. The number of ether oxygens (including phenoxy) is 1. The zero-order chi connectivity index (χ0) is 19.2. The van der Waals surface area contributed by atoms with E-state index in [0.717, 1.165) is 24.2 Å². The molecule has 0 radical (unpaired) electrons. The number of rotatable bonds is 5. The molecule has 0 unspecified atom stereocenters. The standard InChI is InChI=1S/C22H25N3O/c1-6-25(7-2)19-11-8-17(9-12-19)10-13-20-14-18(21(16-23)24-5)15-22(3,4)26-20/h8-14H,6-7,15H2,1-4H3/b13-10+,21-18+. The summed E-state index contributed by atoms with van der Waals surface area (Å²) < 4.78 is 5.98. The zero-order valence-electron chi connectivity index (χ0n) is 15.9. The number of nitrogens with zero attached hydrogens (tertiary/aromatic N) is 3. The molecule has 1 heterocycles. The summed E-state index contributed by atoms with van der Waals surface area (Å²) in [5, 5.41) is 9.14. The highest BCUT2D eigenvalue weighted by Crippen LogP contribution is 2.32. The van der Waals surface area contributed by atoms with E-state index in [9.17, 15) is 0 Å². The molecule has 0 N–H and O–H groups in total. The van der Waals surface area contributed by atoms with E-state index in [-0.39, 0.29) is 5.70 Å². The van der Waals surface area contributed by atoms with Crippen LogP contribution in [0.5, 0.6) is 0 Å². The van der Waals surface area contributed by atoms with Crippen molar-refractivity contribution in [2.75, 3.05) is 18.0 Å². The maximum Gasteiger partial charge on any atom is 0.265 e. The van der Waals surface area contributed by atoms with Gasteiger partial charge in [0, 0.05) is 25.2 Å². The van der Waals surface area contributed by atoms with Crippen LogP contribution >= 0.6 is 0 Å². The molecule has 1 aliphatic heterocycles. The normalized spacial score (nSPS) is 17.7. The van der Waals surface area contributed by atoms with Crippen LogP contribution in [0.15, 0.2) is 53.4 Å². The average Bonchev–Trinajstić information content (AvgIpc) is 2.62. The summed E-state index contributed by atoms with van der Waals surface area (Å²) in [7, 11) is 0. The number of hydrogen-bond acceptors (Lipinski definition) is 3. The summed E-state index contributed by atoms with van der Waals surface area (Å²) in [4.78, 5) is 5.63. The van der Waals surface area contributed by atoms with Crippen molar-refractivity contribution >= 4 is 11.8 Å². The minimum Gasteiger partial charge on any atom is -0.488 e. The quantitative estimate of drug-likeness (QED) is 0.534. The summed E-state index contributed by atoms with van der Waals surface area (Å²) >= 11 is 0. The SMILES string of the molecule is [C-]#[N+]/C(C#N)=C1C=C(/C=C/c2ccc(N(CC)CC)cc2)OC(C)(C)C\1. The number of anilines is 1. The summed E-state index contributed by atoms with van der Waals surface area (Å²) in [6.45, 7) is 17.4. The van der Waals surface area contributed by atoms with E-state index >= 15 is 0 Å². The Bertz CT molecular complexity index is 794. The Hall–Kier alpha value is -2.98. The second kappa shape index (κ2) is 8.41. The van der Waals surface area contributed by atoms with Crippen LogP contribution in [0.1, 0.15) is 39.7 Å². The molecular formula is C22H25N3O. The highest BCUT2D eigenvalue weighted by atomic mass is 16.5. The molecule has 0 amide bonds. The van der Waals surface area contributed by atoms with Crippen molar-refractivity contribution in [2.45, 2.75) is 39.7 Å². The van der Waals surface area contributed by atoms with Crippen molar-refractivity contribution in [2.24, 2.45) is 0 Å². The van der Waals surface area contributed by atoms with Gasteiger partial charge in [0.05, 0.1) is 12.6 Å². The van der Waals surface area contributed by atoms with Crippen LogP contribution in [-0.4, -0.2) is 18.7 Å². The average molecular weight is 347 g/mol. The van der Waals surface area contributed by atoms with Gasteiger partial charge in [0.2, 0.25) is 0 Å². The van der Waals surface area contributed by atoms with E-state index in [4.69, 9.17) is 16.6 Å². The van der Waals surface area contributed by atoms with Gasteiger partial charge < -0.3 is 9.64 Å². The van der Waals surface area contributed by atoms with Crippen molar-refractivity contribution < 1.29 is 4.74 Å². The fraction of sp³-hybridized carbons (Fsp3) is 0.364. The molecule has 0 fully saturated rings. The summed E-state index contributed by atoms with van der Waals surface area (Å²) in [6.07, 6.45) is 6.23. The van der Waals surface area contributed by atoms with Gasteiger partial charge in [0.25, 0.3) is 5.70 Å². The Morgan fingerprint density at radius 1 is 1.27 bits per heavy atom. The Kier molecular flexibility index (Phi) is 6.26. The third-order valence-electron chi connectivity index (χ3n) is 4.31. The van der Waals surface area contributed by atoms with Gasteiger partial charge in [0.15, 0.2) is 0 Å². The predicted molar refractivity (Wildman–Crippen MR) is 106 cm³/mol. The summed E-state index contributed by atoms with van der Waals surface area (Å²) in [6, 6.07) is 10.4. The lowest BCUT2D eigenvalue weighted by Gasteiger charge is -2.32. The minimum atomic E-state index is -0.441. The predicted octanol–water partition coefficient (Wildman–Crippen LogP) is 5.33. The molecule has 1 aliphatic rings. The Balaban J connectivity index is 2.25. The molecule has 0 aromatic heterocycles. The van der Waals surface area contributed by atoms with Crippen LogP contribution in [0.2, 0.25) is 0 Å². The van der Waals surface area contributed by atoms with Crippen LogP contribution in [0, 0.1) is 17.9 Å². The first-order chi connectivity index (χ1) is 12.4. The molecule has 1 aromatic rings. The first-order valence-corrected chi connectivity index (χ1v) is 8.87. The smallest absolute Gasteiger partial charge is 0.265 e. The molecule has 4 heteroatoms. The van der Waals surface area contributed by atoms with Gasteiger partial charge >= 0.3 is 0 Å². The molecule has 0 spiro atoms. The van der Waals surface area contributed by atoms with Gasteiger partial charge in [-0.15, -0.1) is 0 Å². The van der Waals surface area contributed by atoms with E-state index in [1.54, 1.807) is 6.08 Å². The summed E-state index contributed by atoms with van der Waals surface area (Å²) in [5.41, 5.74) is 2.71. The van der Waals surface area contributed by atoms with Crippen LogP contribution in [-0.2, 0) is 4.74 Å². The summed E-state index contributed by atoms with van der Waals surface area (Å²) in [5.74, 6) is 0.667. The maximum absolute atomic E-state index is 9.14. The number of allylic oxidation sites excluding steroid dienone is 3. The van der Waals surface area contributed by atoms with Gasteiger partial charge in [-0.25, -0.2) is 10.1 Å². The molecule has 0 bridgehead atoms. The third-order valence-corrected chi connectivity index (χ3v) is 4.31. The highest BCUT2D eigenvalue weighted by molar-refractivity contribution is 5.58. The van der Waals surface area contributed by atoms with E-state index in [2.05, 4.69) is 47.9 Å². The van der Waals surface area contributed by atoms with Gasteiger partial charge in [0.1, 0.15) is 11.4 Å². The molecule has 0 saturated carbocycles. The molecular weight excluding hydrogens is 322 g/mol. The molecule has 0 saturated heterocycles. The van der Waals surface area contributed by atoms with Gasteiger partial charge in [-0.1, -0.05) is 18.2 Å². The minimum absolute atomic E-state index is 0.135. The van der Waals surface area contributed by atoms with Crippen molar-refractivity contribution in [1.82, 2.24) is 0 Å². The topological polar surface area (TPSA) is 40.6 Å². The molecule has 4 nitrogen and oxygen atoms in total. The van der Waals surface area contributed by atoms with Crippen LogP contribution in [0.25, 0.3) is 10.9 Å². The molecule has 134 valence electrons. The molecule has 0 aliphatic carbocycles. The number of benzene rings is 1. The van der Waals surface area contributed by atoms with Crippen molar-refractivity contribution in [3.05, 3.63) is 70.4 Å². The molecule has 1 aromatic carbocycles. The molecule has 0 atom stereocenters. The third kappa shape index (κ3) is 4.77. The zero-order valence-corrected chi connectivity index (χ0v) is 15.9. The number of hydrogen-bond donors (Lipinski definition) is 0. The Labute approximate surface area is 156 Å². The van der Waals surface area contributed by atoms with Gasteiger partial charge in [-0.2, -0.15) is 0 Å². The fourth-order valence-corrected chi connectivity index (χ4v) is 3.03. The second-order valence-corrected chi connectivity index (χ2v) is 6.78. The number of nitriles is 1. The lowest BCUT2D eigenvalue weighted by molar-refractivity contribution is 0.0356. The van der Waals surface area contributed by atoms with E-state index in [0.29, 0.717) is 12.2 Å². The van der Waals surface area contributed by atoms with Crippen LogP contribution in [0.3, 0.4) is 0 Å². The van der Waals surface area contributed by atoms with Gasteiger partial charge in [-0.05, 0) is 63.1 Å². The first kappa shape index (κ1) is 19.3. The lowest BCUT2D eigenvalue weighted by Crippen LogP contribution is -2.27. The largest absolute Gasteiger partial charge is 0.488 e. The maximum atomic E-state index is 9.14. The van der Waals surface area contributed by atoms with E-state index < -0.39 is 5.60 Å². The van der Waals surface area contributed by atoms with E-state index in [1.165, 1.54) is 5.69 Å². The molecule has 26 heavy (non-hydrogen) atoms. The molecule has 2 rings (SSSR count). The van der Waals surface area contributed by atoms with Crippen molar-refractivity contribution in [1.29, 1.82) is 5.26 Å². The monoisotopic (exact) mass is 347 g/mol. The first-order valence-electron chi connectivity index (χ1n) is 8.87. The highest BCUT2D eigenvalue weighted by Gasteiger charge is 2.27. The van der Waals surface area contributed by atoms with Crippen molar-refractivity contribution in [3.63, 3.8) is 0 Å². The van der Waals surface area contributed by atoms with Crippen molar-refractivity contribution in [3.8, 4) is 6.07 Å². The van der Waals surface area contributed by atoms with Gasteiger partial charge in [-0.3, -0.25) is 0 Å².